The van der Waals surface area contributed by atoms with Gasteiger partial charge in [-0.3, -0.25) is 24.2 Å². The Labute approximate surface area is 182 Å². The van der Waals surface area contributed by atoms with E-state index in [9.17, 15) is 9.59 Å². The van der Waals surface area contributed by atoms with Gasteiger partial charge >= 0.3 is 0 Å². The summed E-state index contributed by atoms with van der Waals surface area (Å²) >= 11 is 0. The maximum Gasteiger partial charge on any atom is 0.224 e. The van der Waals surface area contributed by atoms with Crippen molar-refractivity contribution in [3.8, 4) is 0 Å². The van der Waals surface area contributed by atoms with E-state index in [1.54, 1.807) is 13.1 Å². The maximum absolute atomic E-state index is 12.9. The first kappa shape index (κ1) is 21.2. The molecule has 1 amide bonds. The first-order chi connectivity index (χ1) is 14.8. The number of hydrogen-bond donors (Lipinski definition) is 0. The van der Waals surface area contributed by atoms with Crippen molar-refractivity contribution in [2.45, 2.75) is 58.9 Å². The van der Waals surface area contributed by atoms with Crippen molar-refractivity contribution >= 4 is 22.6 Å². The van der Waals surface area contributed by atoms with Gasteiger partial charge in [0.25, 0.3) is 0 Å². The molecule has 0 N–H and O–H groups in total. The number of nitrogens with zero attached hydrogens (tertiary/aromatic N) is 5. The number of carbonyl (C=O) groups is 2. The fraction of sp³-hybridized carbons (Fsp3) is 0.458. The molecule has 1 unspecified atom stereocenters. The van der Waals surface area contributed by atoms with E-state index in [2.05, 4.69) is 21.1 Å². The van der Waals surface area contributed by atoms with Crippen LogP contribution in [0, 0.1) is 13.8 Å². The molecular weight excluding hydrogens is 390 g/mol. The molecule has 0 radical (unpaired) electrons. The molecular formula is C24H29N5O2. The molecule has 4 rings (SSSR count). The van der Waals surface area contributed by atoms with Crippen LogP contribution in [0.3, 0.4) is 0 Å². The van der Waals surface area contributed by atoms with Crippen LogP contribution in [-0.4, -0.2) is 49.4 Å². The van der Waals surface area contributed by atoms with Crippen molar-refractivity contribution in [2.75, 3.05) is 13.1 Å². The molecule has 1 atom stereocenters. The Bertz CT molecular complexity index is 1130. The molecule has 3 aromatic heterocycles. The highest BCUT2D eigenvalue weighted by Crippen LogP contribution is 2.29. The van der Waals surface area contributed by atoms with Gasteiger partial charge in [-0.25, -0.2) is 0 Å². The average molecular weight is 420 g/mol. The smallest absolute Gasteiger partial charge is 0.224 e. The standard InChI is InChI=1S/C24H29N5O2/c1-15(29-17(3)24(18(4)30)16(2)27-29)12-23(31)28-10-7-19(8-11-28)21-13-22-20(14-26-21)6-5-9-25-22/h5-6,9,13-15,19H,7-8,10-12H2,1-4H3. The molecule has 0 saturated carbocycles. The lowest BCUT2D eigenvalue weighted by atomic mass is 9.92. The molecule has 3 aromatic rings. The zero-order chi connectivity index (χ0) is 22.1. The fourth-order valence-corrected chi connectivity index (χ4v) is 4.70. The Morgan fingerprint density at radius 3 is 2.61 bits per heavy atom. The Morgan fingerprint density at radius 2 is 1.94 bits per heavy atom. The number of pyridine rings is 2. The molecule has 0 bridgehead atoms. The van der Waals surface area contributed by atoms with E-state index in [1.165, 1.54) is 0 Å². The molecule has 162 valence electrons. The summed E-state index contributed by atoms with van der Waals surface area (Å²) in [7, 11) is 0. The third kappa shape index (κ3) is 4.22. The normalized spacial score (nSPS) is 15.9. The third-order valence-corrected chi connectivity index (χ3v) is 6.34. The SMILES string of the molecule is CC(=O)c1c(C)nn(C(C)CC(=O)N2CCC(c3cc4ncccc4cn3)CC2)c1C. The largest absolute Gasteiger partial charge is 0.343 e. The number of rotatable bonds is 5. The number of fused-ring (bicyclic) bond motifs is 1. The molecule has 7 nitrogen and oxygen atoms in total. The van der Waals surface area contributed by atoms with Crippen LogP contribution in [0.1, 0.15) is 72.5 Å². The minimum atomic E-state index is -0.0924. The lowest BCUT2D eigenvalue weighted by Crippen LogP contribution is -2.39. The molecule has 1 fully saturated rings. The number of aryl methyl sites for hydroxylation is 1. The molecule has 7 heteroatoms. The van der Waals surface area contributed by atoms with E-state index in [4.69, 9.17) is 0 Å². The van der Waals surface area contributed by atoms with Crippen LogP contribution in [0.5, 0.6) is 0 Å². The Hall–Kier alpha value is -3.09. The molecule has 31 heavy (non-hydrogen) atoms. The van der Waals surface area contributed by atoms with Crippen LogP contribution in [-0.2, 0) is 4.79 Å². The van der Waals surface area contributed by atoms with E-state index >= 15 is 0 Å². The van der Waals surface area contributed by atoms with E-state index < -0.39 is 0 Å². The summed E-state index contributed by atoms with van der Waals surface area (Å²) in [5, 5.41) is 5.56. The molecule has 1 aliphatic rings. The van der Waals surface area contributed by atoms with Crippen molar-refractivity contribution < 1.29 is 9.59 Å². The minimum absolute atomic E-state index is 0.0133. The third-order valence-electron chi connectivity index (χ3n) is 6.34. The van der Waals surface area contributed by atoms with Crippen molar-refractivity contribution in [1.29, 1.82) is 0 Å². The van der Waals surface area contributed by atoms with Gasteiger partial charge in [-0.15, -0.1) is 0 Å². The van der Waals surface area contributed by atoms with Gasteiger partial charge in [0.2, 0.25) is 5.91 Å². The number of amides is 1. The summed E-state index contributed by atoms with van der Waals surface area (Å²) in [6.45, 7) is 8.74. The van der Waals surface area contributed by atoms with Crippen LogP contribution < -0.4 is 0 Å². The van der Waals surface area contributed by atoms with Crippen LogP contribution >= 0.6 is 0 Å². The Balaban J connectivity index is 1.38. The number of likely N-dealkylation sites (tertiary alicyclic amines) is 1. The van der Waals surface area contributed by atoms with Gasteiger partial charge in [-0.1, -0.05) is 0 Å². The van der Waals surface area contributed by atoms with Crippen molar-refractivity contribution in [3.63, 3.8) is 0 Å². The van der Waals surface area contributed by atoms with Crippen LogP contribution in [0.4, 0.5) is 0 Å². The van der Waals surface area contributed by atoms with Crippen molar-refractivity contribution in [3.05, 3.63) is 53.2 Å². The van der Waals surface area contributed by atoms with Crippen LogP contribution in [0.2, 0.25) is 0 Å². The Morgan fingerprint density at radius 1 is 1.19 bits per heavy atom. The summed E-state index contributed by atoms with van der Waals surface area (Å²) < 4.78 is 1.82. The highest BCUT2D eigenvalue weighted by molar-refractivity contribution is 5.96. The predicted octanol–water partition coefficient (Wildman–Crippen LogP) is 4.00. The summed E-state index contributed by atoms with van der Waals surface area (Å²) in [5.41, 5.74) is 4.25. The zero-order valence-electron chi connectivity index (χ0n) is 18.6. The van der Waals surface area contributed by atoms with E-state index in [0.717, 1.165) is 53.9 Å². The molecule has 1 aliphatic heterocycles. The highest BCUT2D eigenvalue weighted by atomic mass is 16.2. The van der Waals surface area contributed by atoms with E-state index in [-0.39, 0.29) is 17.7 Å². The lowest BCUT2D eigenvalue weighted by Gasteiger charge is -2.32. The number of carbonyl (C=O) groups excluding carboxylic acids is 2. The van der Waals surface area contributed by atoms with Crippen molar-refractivity contribution in [1.82, 2.24) is 24.6 Å². The van der Waals surface area contributed by atoms with E-state index in [1.807, 2.05) is 48.7 Å². The van der Waals surface area contributed by atoms with Gasteiger partial charge in [0.1, 0.15) is 0 Å². The summed E-state index contributed by atoms with van der Waals surface area (Å²) in [4.78, 5) is 35.8. The van der Waals surface area contributed by atoms with Gasteiger partial charge in [0.05, 0.1) is 22.8 Å². The molecule has 0 aliphatic carbocycles. The average Bonchev–Trinajstić information content (AvgIpc) is 3.07. The van der Waals surface area contributed by atoms with Crippen LogP contribution in [0.15, 0.2) is 30.6 Å². The maximum atomic E-state index is 12.9. The quantitative estimate of drug-likeness (QED) is 0.584. The second-order valence-corrected chi connectivity index (χ2v) is 8.56. The number of piperidine rings is 1. The van der Waals surface area contributed by atoms with Crippen LogP contribution in [0.25, 0.3) is 10.9 Å². The second kappa shape index (κ2) is 8.57. The molecule has 1 saturated heterocycles. The zero-order valence-corrected chi connectivity index (χ0v) is 18.6. The molecule has 0 spiro atoms. The monoisotopic (exact) mass is 419 g/mol. The fourth-order valence-electron chi connectivity index (χ4n) is 4.70. The summed E-state index contributed by atoms with van der Waals surface area (Å²) in [6, 6.07) is 5.92. The number of aromatic nitrogens is 4. The first-order valence-electron chi connectivity index (χ1n) is 10.9. The number of hydrogen-bond acceptors (Lipinski definition) is 5. The van der Waals surface area contributed by atoms with Gasteiger partial charge in [0, 0.05) is 54.6 Å². The second-order valence-electron chi connectivity index (χ2n) is 8.56. The first-order valence-corrected chi connectivity index (χ1v) is 10.9. The molecule has 4 heterocycles. The Kier molecular flexibility index (Phi) is 5.85. The highest BCUT2D eigenvalue weighted by Gasteiger charge is 2.27. The topological polar surface area (TPSA) is 81.0 Å². The number of ketones is 1. The summed E-state index contributed by atoms with van der Waals surface area (Å²) in [5.74, 6) is 0.498. The molecule has 0 aromatic carbocycles. The lowest BCUT2D eigenvalue weighted by molar-refractivity contribution is -0.133. The van der Waals surface area contributed by atoms with Gasteiger partial charge in [-0.2, -0.15) is 5.10 Å². The van der Waals surface area contributed by atoms with E-state index in [0.29, 0.717) is 17.9 Å². The number of Topliss-reactive ketones (excluding diaryl/α,β-unsaturated/α-hetero) is 1. The van der Waals surface area contributed by atoms with Gasteiger partial charge < -0.3 is 4.90 Å². The van der Waals surface area contributed by atoms with Gasteiger partial charge in [0.15, 0.2) is 5.78 Å². The summed E-state index contributed by atoms with van der Waals surface area (Å²) in [6.07, 6.45) is 5.87. The van der Waals surface area contributed by atoms with Crippen molar-refractivity contribution in [2.24, 2.45) is 0 Å². The minimum Gasteiger partial charge on any atom is -0.343 e. The van der Waals surface area contributed by atoms with Gasteiger partial charge in [-0.05, 0) is 58.7 Å². The predicted molar refractivity (Wildman–Crippen MR) is 119 cm³/mol.